The maximum atomic E-state index is 5.99. The minimum atomic E-state index is 0.565. The second-order valence-electron chi connectivity index (χ2n) is 3.91. The topological polar surface area (TPSA) is 29.0 Å². The Hall–Kier alpha value is -0.830. The van der Waals surface area contributed by atoms with E-state index in [9.17, 15) is 0 Å². The minimum Gasteiger partial charge on any atom is -0.356 e. The molecule has 1 aromatic heterocycles. The van der Waals surface area contributed by atoms with Gasteiger partial charge < -0.3 is 4.90 Å². The number of nitrogens with zero attached hydrogens (tertiary/aromatic N) is 3. The maximum Gasteiger partial charge on any atom is 0.134 e. The molecule has 0 amide bonds. The van der Waals surface area contributed by atoms with E-state index in [1.165, 1.54) is 12.8 Å². The summed E-state index contributed by atoms with van der Waals surface area (Å²) < 4.78 is 0. The van der Waals surface area contributed by atoms with E-state index < -0.39 is 0 Å². The number of halogens is 1. The van der Waals surface area contributed by atoms with Gasteiger partial charge in [0.15, 0.2) is 0 Å². The van der Waals surface area contributed by atoms with Gasteiger partial charge in [-0.1, -0.05) is 18.5 Å². The van der Waals surface area contributed by atoms with E-state index >= 15 is 0 Å². The zero-order valence-electron chi connectivity index (χ0n) is 9.04. The maximum absolute atomic E-state index is 5.99. The van der Waals surface area contributed by atoms with Crippen LogP contribution in [0.2, 0.25) is 5.15 Å². The van der Waals surface area contributed by atoms with Crippen molar-refractivity contribution >= 4 is 17.4 Å². The zero-order valence-corrected chi connectivity index (χ0v) is 9.80. The normalized spacial score (nSPS) is 16.0. The fourth-order valence-electron chi connectivity index (χ4n) is 1.90. The van der Waals surface area contributed by atoms with Gasteiger partial charge in [0, 0.05) is 25.6 Å². The summed E-state index contributed by atoms with van der Waals surface area (Å²) >= 11 is 5.99. The van der Waals surface area contributed by atoms with Crippen molar-refractivity contribution in [1.29, 1.82) is 0 Å². The number of rotatable bonds is 3. The van der Waals surface area contributed by atoms with Crippen molar-refractivity contribution in [3.63, 3.8) is 0 Å². The standard InChI is InChI=1S/C11H16ClN3/c1-2-5-10-13-9(12)8-11(14-10)15-6-3-4-7-15/h8H,2-7H2,1H3. The van der Waals surface area contributed by atoms with Gasteiger partial charge in [0.25, 0.3) is 0 Å². The predicted octanol–water partition coefficient (Wildman–Crippen LogP) is 2.68. The van der Waals surface area contributed by atoms with E-state index in [0.717, 1.165) is 37.6 Å². The third-order valence-electron chi connectivity index (χ3n) is 2.63. The summed E-state index contributed by atoms with van der Waals surface area (Å²) in [7, 11) is 0. The molecule has 15 heavy (non-hydrogen) atoms. The fraction of sp³-hybridized carbons (Fsp3) is 0.636. The molecule has 4 heteroatoms. The van der Waals surface area contributed by atoms with E-state index in [1.54, 1.807) is 0 Å². The van der Waals surface area contributed by atoms with E-state index in [-0.39, 0.29) is 0 Å². The lowest BCUT2D eigenvalue weighted by molar-refractivity contribution is 0.818. The highest BCUT2D eigenvalue weighted by Gasteiger charge is 2.15. The van der Waals surface area contributed by atoms with Crippen LogP contribution in [0.1, 0.15) is 32.0 Å². The van der Waals surface area contributed by atoms with Gasteiger partial charge in [0.1, 0.15) is 16.8 Å². The Labute approximate surface area is 95.5 Å². The van der Waals surface area contributed by atoms with E-state index in [2.05, 4.69) is 21.8 Å². The Kier molecular flexibility index (Phi) is 3.41. The van der Waals surface area contributed by atoms with Crippen LogP contribution in [0.15, 0.2) is 6.07 Å². The van der Waals surface area contributed by atoms with Crippen molar-refractivity contribution in [2.24, 2.45) is 0 Å². The summed E-state index contributed by atoms with van der Waals surface area (Å²) in [5.41, 5.74) is 0. The Morgan fingerprint density at radius 1 is 1.33 bits per heavy atom. The van der Waals surface area contributed by atoms with Gasteiger partial charge in [-0.25, -0.2) is 9.97 Å². The quantitative estimate of drug-likeness (QED) is 0.741. The summed E-state index contributed by atoms with van der Waals surface area (Å²) in [4.78, 5) is 11.0. The highest BCUT2D eigenvalue weighted by molar-refractivity contribution is 6.29. The molecular formula is C11H16ClN3. The van der Waals surface area contributed by atoms with Crippen LogP contribution < -0.4 is 4.90 Å². The average Bonchev–Trinajstić information content (AvgIpc) is 2.70. The lowest BCUT2D eigenvalue weighted by atomic mass is 10.3. The van der Waals surface area contributed by atoms with Crippen LogP contribution >= 0.6 is 11.6 Å². The zero-order chi connectivity index (χ0) is 10.7. The summed E-state index contributed by atoms with van der Waals surface area (Å²) in [6, 6.07) is 1.87. The van der Waals surface area contributed by atoms with Gasteiger partial charge in [0.05, 0.1) is 0 Å². The van der Waals surface area contributed by atoms with Crippen LogP contribution in [0.3, 0.4) is 0 Å². The number of hydrogen-bond donors (Lipinski definition) is 0. The fourth-order valence-corrected chi connectivity index (χ4v) is 2.09. The molecule has 1 fully saturated rings. The molecule has 3 nitrogen and oxygen atoms in total. The van der Waals surface area contributed by atoms with Crippen LogP contribution in [0.4, 0.5) is 5.82 Å². The predicted molar refractivity (Wildman–Crippen MR) is 62.5 cm³/mol. The van der Waals surface area contributed by atoms with Gasteiger partial charge in [0.2, 0.25) is 0 Å². The SMILES string of the molecule is CCCc1nc(Cl)cc(N2CCCC2)n1. The molecule has 2 rings (SSSR count). The first-order chi connectivity index (χ1) is 7.29. The molecule has 0 aliphatic carbocycles. The molecule has 0 aromatic carbocycles. The third-order valence-corrected chi connectivity index (χ3v) is 2.82. The molecule has 0 unspecified atom stereocenters. The molecule has 0 radical (unpaired) electrons. The molecule has 0 saturated carbocycles. The minimum absolute atomic E-state index is 0.565. The van der Waals surface area contributed by atoms with Crippen molar-refractivity contribution in [3.8, 4) is 0 Å². The van der Waals surface area contributed by atoms with E-state index in [1.807, 2.05) is 6.07 Å². The second-order valence-corrected chi connectivity index (χ2v) is 4.30. The Bertz CT molecular complexity index is 335. The van der Waals surface area contributed by atoms with Crippen LogP contribution in [-0.4, -0.2) is 23.1 Å². The molecule has 1 aliphatic heterocycles. The molecular weight excluding hydrogens is 210 g/mol. The highest BCUT2D eigenvalue weighted by atomic mass is 35.5. The first kappa shape index (κ1) is 10.7. The van der Waals surface area contributed by atoms with Gasteiger partial charge in [-0.05, 0) is 19.3 Å². The molecule has 0 bridgehead atoms. The average molecular weight is 226 g/mol. The van der Waals surface area contributed by atoms with E-state index in [0.29, 0.717) is 5.15 Å². The lowest BCUT2D eigenvalue weighted by Gasteiger charge is -2.16. The molecule has 2 heterocycles. The van der Waals surface area contributed by atoms with Crippen molar-refractivity contribution in [2.45, 2.75) is 32.6 Å². The highest BCUT2D eigenvalue weighted by Crippen LogP contribution is 2.20. The van der Waals surface area contributed by atoms with Gasteiger partial charge in [-0.15, -0.1) is 0 Å². The molecule has 82 valence electrons. The molecule has 1 aromatic rings. The lowest BCUT2D eigenvalue weighted by Crippen LogP contribution is -2.19. The molecule has 0 spiro atoms. The Balaban J connectivity index is 2.22. The summed E-state index contributed by atoms with van der Waals surface area (Å²) in [6.07, 6.45) is 4.47. The van der Waals surface area contributed by atoms with Crippen molar-refractivity contribution < 1.29 is 0 Å². The van der Waals surface area contributed by atoms with Crippen molar-refractivity contribution in [2.75, 3.05) is 18.0 Å². The van der Waals surface area contributed by atoms with Crippen molar-refractivity contribution in [3.05, 3.63) is 17.0 Å². The van der Waals surface area contributed by atoms with Crippen LogP contribution in [0.5, 0.6) is 0 Å². The Morgan fingerprint density at radius 3 is 2.73 bits per heavy atom. The first-order valence-electron chi connectivity index (χ1n) is 5.58. The monoisotopic (exact) mass is 225 g/mol. The summed E-state index contributed by atoms with van der Waals surface area (Å²) in [5.74, 6) is 1.86. The molecule has 1 aliphatic rings. The molecule has 0 atom stereocenters. The smallest absolute Gasteiger partial charge is 0.134 e. The largest absolute Gasteiger partial charge is 0.356 e. The van der Waals surface area contributed by atoms with Gasteiger partial charge >= 0.3 is 0 Å². The van der Waals surface area contributed by atoms with Gasteiger partial charge in [-0.2, -0.15) is 0 Å². The molecule has 0 N–H and O–H groups in total. The third kappa shape index (κ3) is 2.59. The van der Waals surface area contributed by atoms with E-state index in [4.69, 9.17) is 11.6 Å². The Morgan fingerprint density at radius 2 is 2.07 bits per heavy atom. The van der Waals surface area contributed by atoms with Crippen LogP contribution in [0.25, 0.3) is 0 Å². The van der Waals surface area contributed by atoms with Gasteiger partial charge in [-0.3, -0.25) is 0 Å². The van der Waals surface area contributed by atoms with Crippen LogP contribution in [-0.2, 0) is 6.42 Å². The summed E-state index contributed by atoms with van der Waals surface area (Å²) in [5, 5.41) is 0.565. The van der Waals surface area contributed by atoms with Crippen LogP contribution in [0, 0.1) is 0 Å². The number of aryl methyl sites for hydroxylation is 1. The second kappa shape index (κ2) is 4.79. The number of anilines is 1. The summed E-state index contributed by atoms with van der Waals surface area (Å²) in [6.45, 7) is 4.32. The van der Waals surface area contributed by atoms with Crippen molar-refractivity contribution in [1.82, 2.24) is 9.97 Å². The number of aromatic nitrogens is 2. The number of hydrogen-bond acceptors (Lipinski definition) is 3. The molecule has 1 saturated heterocycles. The first-order valence-corrected chi connectivity index (χ1v) is 5.96.